The second kappa shape index (κ2) is 5.66. The monoisotopic (exact) mass is 329 g/mol. The van der Waals surface area contributed by atoms with Gasteiger partial charge >= 0.3 is 0 Å². The number of fused-ring (bicyclic) bond motifs is 1. The van der Waals surface area contributed by atoms with Gasteiger partial charge in [-0.2, -0.15) is 0 Å². The Hall–Kier alpha value is -2.74. The highest BCUT2D eigenvalue weighted by Crippen LogP contribution is 2.45. The van der Waals surface area contributed by atoms with Crippen LogP contribution in [0.2, 0.25) is 0 Å². The van der Waals surface area contributed by atoms with E-state index in [0.29, 0.717) is 0 Å². The standard InChI is InChI=1S/C23H23NO/c1-23(2)14-19(16-9-11-18(12-10-16)24(3)4)20(15-23)22-13-17-7-5-6-8-21(17)25-22/h5-15H,1-4H3. The van der Waals surface area contributed by atoms with Crippen molar-refractivity contribution >= 4 is 27.8 Å². The van der Waals surface area contributed by atoms with Crippen molar-refractivity contribution in [2.45, 2.75) is 13.8 Å². The number of furan rings is 1. The molecule has 0 saturated carbocycles. The quantitative estimate of drug-likeness (QED) is 0.585. The van der Waals surface area contributed by atoms with Gasteiger partial charge in [0.15, 0.2) is 0 Å². The van der Waals surface area contributed by atoms with E-state index >= 15 is 0 Å². The van der Waals surface area contributed by atoms with Crippen LogP contribution in [0.4, 0.5) is 5.69 Å². The van der Waals surface area contributed by atoms with Crippen molar-refractivity contribution in [2.75, 3.05) is 19.0 Å². The number of nitrogens with zero attached hydrogens (tertiary/aromatic N) is 1. The first-order chi connectivity index (χ1) is 11.9. The third-order valence-corrected chi connectivity index (χ3v) is 4.71. The SMILES string of the molecule is CN(C)c1ccc(C2=CC(C)(C)C=C2c2cc3ccccc3o2)cc1. The normalized spacial score (nSPS) is 16.0. The molecule has 0 N–H and O–H groups in total. The molecular formula is C23H23NO. The number of hydrogen-bond acceptors (Lipinski definition) is 2. The molecule has 0 saturated heterocycles. The van der Waals surface area contributed by atoms with E-state index in [2.05, 4.69) is 81.4 Å². The minimum atomic E-state index is 0.0177. The lowest BCUT2D eigenvalue weighted by Gasteiger charge is -2.14. The van der Waals surface area contributed by atoms with Gasteiger partial charge in [-0.15, -0.1) is 0 Å². The minimum absolute atomic E-state index is 0.0177. The first kappa shape index (κ1) is 15.8. The number of benzene rings is 2. The molecular weight excluding hydrogens is 306 g/mol. The smallest absolute Gasteiger partial charge is 0.135 e. The molecule has 0 radical (unpaired) electrons. The first-order valence-corrected chi connectivity index (χ1v) is 8.66. The maximum Gasteiger partial charge on any atom is 0.135 e. The molecule has 0 bridgehead atoms. The fourth-order valence-electron chi connectivity index (χ4n) is 3.44. The molecule has 1 aliphatic rings. The van der Waals surface area contributed by atoms with E-state index in [0.717, 1.165) is 16.7 Å². The molecule has 0 unspecified atom stereocenters. The van der Waals surface area contributed by atoms with Crippen LogP contribution in [0, 0.1) is 5.41 Å². The highest BCUT2D eigenvalue weighted by atomic mass is 16.3. The summed E-state index contributed by atoms with van der Waals surface area (Å²) >= 11 is 0. The Labute approximate surface area is 149 Å². The number of rotatable bonds is 3. The van der Waals surface area contributed by atoms with E-state index in [-0.39, 0.29) is 5.41 Å². The van der Waals surface area contributed by atoms with Crippen molar-refractivity contribution < 1.29 is 4.42 Å². The molecule has 1 aromatic heterocycles. The Kier molecular flexibility index (Phi) is 3.57. The number of hydrogen-bond donors (Lipinski definition) is 0. The zero-order chi connectivity index (χ0) is 17.6. The highest BCUT2D eigenvalue weighted by molar-refractivity contribution is 6.07. The maximum absolute atomic E-state index is 6.14. The molecule has 2 nitrogen and oxygen atoms in total. The van der Waals surface area contributed by atoms with E-state index in [4.69, 9.17) is 4.42 Å². The van der Waals surface area contributed by atoms with Crippen molar-refractivity contribution in [1.29, 1.82) is 0 Å². The second-order valence-corrected chi connectivity index (χ2v) is 7.53. The van der Waals surface area contributed by atoms with E-state index < -0.39 is 0 Å². The van der Waals surface area contributed by atoms with Crippen molar-refractivity contribution in [3.63, 3.8) is 0 Å². The molecule has 1 heterocycles. The highest BCUT2D eigenvalue weighted by Gasteiger charge is 2.27. The van der Waals surface area contributed by atoms with Crippen LogP contribution in [0.3, 0.4) is 0 Å². The van der Waals surface area contributed by atoms with Crippen LogP contribution >= 0.6 is 0 Å². The molecule has 2 heteroatoms. The number of anilines is 1. The van der Waals surface area contributed by atoms with Crippen LogP contribution < -0.4 is 4.90 Å². The lowest BCUT2D eigenvalue weighted by Crippen LogP contribution is -2.08. The van der Waals surface area contributed by atoms with Gasteiger partial charge in [-0.1, -0.05) is 56.3 Å². The van der Waals surface area contributed by atoms with Gasteiger partial charge in [-0.25, -0.2) is 0 Å². The van der Waals surface area contributed by atoms with E-state index in [9.17, 15) is 0 Å². The molecule has 4 rings (SSSR count). The third-order valence-electron chi connectivity index (χ3n) is 4.71. The zero-order valence-corrected chi connectivity index (χ0v) is 15.2. The van der Waals surface area contributed by atoms with E-state index in [1.54, 1.807) is 0 Å². The predicted octanol–water partition coefficient (Wildman–Crippen LogP) is 6.01. The van der Waals surface area contributed by atoms with Crippen LogP contribution in [0.15, 0.2) is 71.2 Å². The first-order valence-electron chi connectivity index (χ1n) is 8.66. The molecule has 0 aliphatic heterocycles. The summed E-state index contributed by atoms with van der Waals surface area (Å²) in [6.07, 6.45) is 4.64. The lowest BCUT2D eigenvalue weighted by atomic mass is 9.95. The van der Waals surface area contributed by atoms with Crippen molar-refractivity contribution in [2.24, 2.45) is 5.41 Å². The van der Waals surface area contributed by atoms with Crippen LogP contribution in [0.5, 0.6) is 0 Å². The van der Waals surface area contributed by atoms with Crippen molar-refractivity contribution in [1.82, 2.24) is 0 Å². The predicted molar refractivity (Wildman–Crippen MR) is 107 cm³/mol. The van der Waals surface area contributed by atoms with Gasteiger partial charge in [0.2, 0.25) is 0 Å². The summed E-state index contributed by atoms with van der Waals surface area (Å²) in [5, 5.41) is 1.14. The average Bonchev–Trinajstić information content (AvgIpc) is 3.15. The van der Waals surface area contributed by atoms with E-state index in [1.807, 2.05) is 18.2 Å². The molecule has 0 fully saturated rings. The largest absolute Gasteiger partial charge is 0.456 e. The summed E-state index contributed by atoms with van der Waals surface area (Å²) in [6.45, 7) is 4.47. The van der Waals surface area contributed by atoms with Crippen molar-refractivity contribution in [3.05, 3.63) is 78.1 Å². The Balaban J connectivity index is 1.79. The van der Waals surface area contributed by atoms with E-state index in [1.165, 1.54) is 22.4 Å². The second-order valence-electron chi connectivity index (χ2n) is 7.53. The topological polar surface area (TPSA) is 16.4 Å². The molecule has 3 aromatic rings. The molecule has 1 aliphatic carbocycles. The van der Waals surface area contributed by atoms with Crippen LogP contribution in [0.1, 0.15) is 25.2 Å². The number of para-hydroxylation sites is 1. The zero-order valence-electron chi connectivity index (χ0n) is 15.2. The molecule has 126 valence electrons. The summed E-state index contributed by atoms with van der Waals surface area (Å²) in [5.41, 5.74) is 5.81. The van der Waals surface area contributed by atoms with Gasteiger partial charge in [-0.3, -0.25) is 0 Å². The fraction of sp³-hybridized carbons (Fsp3) is 0.217. The fourth-order valence-corrected chi connectivity index (χ4v) is 3.44. The Morgan fingerprint density at radius 2 is 1.52 bits per heavy atom. The van der Waals surface area contributed by atoms with Crippen LogP contribution in [-0.2, 0) is 0 Å². The summed E-state index contributed by atoms with van der Waals surface area (Å²) in [6, 6.07) is 19.0. The number of allylic oxidation sites excluding steroid dienone is 4. The Morgan fingerprint density at radius 1 is 0.840 bits per heavy atom. The van der Waals surface area contributed by atoms with Gasteiger partial charge in [-0.05, 0) is 35.4 Å². The lowest BCUT2D eigenvalue weighted by molar-refractivity contribution is 0.598. The minimum Gasteiger partial charge on any atom is -0.456 e. The van der Waals surface area contributed by atoms with Gasteiger partial charge in [0.1, 0.15) is 11.3 Å². The molecule has 25 heavy (non-hydrogen) atoms. The summed E-state index contributed by atoms with van der Waals surface area (Å²) in [4.78, 5) is 2.12. The van der Waals surface area contributed by atoms with Crippen LogP contribution in [-0.4, -0.2) is 14.1 Å². The summed E-state index contributed by atoms with van der Waals surface area (Å²) in [5.74, 6) is 0.940. The van der Waals surface area contributed by atoms with Gasteiger partial charge in [0.25, 0.3) is 0 Å². The average molecular weight is 329 g/mol. The van der Waals surface area contributed by atoms with Gasteiger partial charge in [0.05, 0.1) is 0 Å². The third kappa shape index (κ3) is 2.89. The van der Waals surface area contributed by atoms with Crippen molar-refractivity contribution in [3.8, 4) is 0 Å². The molecule has 0 amide bonds. The molecule has 0 atom stereocenters. The maximum atomic E-state index is 6.14. The van der Waals surface area contributed by atoms with Gasteiger partial charge in [0, 0.05) is 36.2 Å². The summed E-state index contributed by atoms with van der Waals surface area (Å²) < 4.78 is 6.14. The Morgan fingerprint density at radius 3 is 2.20 bits per heavy atom. The van der Waals surface area contributed by atoms with Crippen LogP contribution in [0.25, 0.3) is 22.1 Å². The van der Waals surface area contributed by atoms with Gasteiger partial charge < -0.3 is 9.32 Å². The molecule has 2 aromatic carbocycles. The Bertz CT molecular complexity index is 951. The molecule has 0 spiro atoms. The summed E-state index contributed by atoms with van der Waals surface area (Å²) in [7, 11) is 4.12.